The predicted octanol–water partition coefficient (Wildman–Crippen LogP) is 1.29. The molecule has 0 bridgehead atoms. The second-order valence-electron chi connectivity index (χ2n) is 4.97. The number of aryl methyl sites for hydroxylation is 1. The van der Waals surface area contributed by atoms with Gasteiger partial charge in [-0.25, -0.2) is 4.68 Å². The van der Waals surface area contributed by atoms with E-state index in [0.717, 1.165) is 17.6 Å². The summed E-state index contributed by atoms with van der Waals surface area (Å²) >= 11 is 0. The molecule has 1 aromatic carbocycles. The molecular weight excluding hydrogens is 256 g/mol. The van der Waals surface area contributed by atoms with Crippen LogP contribution in [0.15, 0.2) is 18.2 Å². The van der Waals surface area contributed by atoms with Crippen LogP contribution in [0.4, 0.5) is 0 Å². The van der Waals surface area contributed by atoms with Crippen LogP contribution in [0, 0.1) is 0 Å². The second-order valence-corrected chi connectivity index (χ2v) is 4.97. The fourth-order valence-corrected chi connectivity index (χ4v) is 2.04. The number of benzene rings is 1. The first-order valence-corrected chi connectivity index (χ1v) is 6.79. The Morgan fingerprint density at radius 1 is 1.50 bits per heavy atom. The zero-order valence-electron chi connectivity index (χ0n) is 12.1. The molecular formula is C14H20N4O2. The number of carbonyl (C=O) groups excluding carboxylic acids is 1. The van der Waals surface area contributed by atoms with Crippen molar-refractivity contribution in [3.8, 4) is 0 Å². The van der Waals surface area contributed by atoms with Crippen LogP contribution in [0.3, 0.4) is 0 Å². The fourth-order valence-electron chi connectivity index (χ4n) is 2.04. The van der Waals surface area contributed by atoms with Crippen LogP contribution in [-0.4, -0.2) is 50.6 Å². The normalized spacial score (nSPS) is 12.6. The van der Waals surface area contributed by atoms with Crippen LogP contribution < -0.4 is 0 Å². The smallest absolute Gasteiger partial charge is 0.253 e. The lowest BCUT2D eigenvalue weighted by Gasteiger charge is -2.18. The number of aliphatic hydroxyl groups is 1. The van der Waals surface area contributed by atoms with Gasteiger partial charge in [0, 0.05) is 25.7 Å². The molecule has 2 aromatic rings. The highest BCUT2D eigenvalue weighted by Gasteiger charge is 2.14. The van der Waals surface area contributed by atoms with Gasteiger partial charge in [0.05, 0.1) is 11.6 Å². The maximum absolute atomic E-state index is 12.3. The Balaban J connectivity index is 2.18. The molecule has 20 heavy (non-hydrogen) atoms. The number of rotatable bonds is 5. The van der Waals surface area contributed by atoms with Gasteiger partial charge in [-0.05, 0) is 38.5 Å². The molecule has 0 radical (unpaired) electrons. The van der Waals surface area contributed by atoms with E-state index in [1.807, 2.05) is 13.0 Å². The van der Waals surface area contributed by atoms with E-state index in [-0.39, 0.29) is 5.91 Å². The summed E-state index contributed by atoms with van der Waals surface area (Å²) in [6, 6.07) is 5.42. The summed E-state index contributed by atoms with van der Waals surface area (Å²) in [5, 5.41) is 17.4. The fraction of sp³-hybridized carbons (Fsp3) is 0.500. The summed E-state index contributed by atoms with van der Waals surface area (Å²) < 4.78 is 1.79. The van der Waals surface area contributed by atoms with Crippen LogP contribution >= 0.6 is 0 Å². The SMILES string of the molecule is CCn1nnc2cc(C(=O)N(C)CCC(C)O)ccc21. The Bertz CT molecular complexity index is 606. The van der Waals surface area contributed by atoms with E-state index in [0.29, 0.717) is 18.5 Å². The Morgan fingerprint density at radius 2 is 2.25 bits per heavy atom. The van der Waals surface area contributed by atoms with Gasteiger partial charge < -0.3 is 10.0 Å². The van der Waals surface area contributed by atoms with Crippen molar-refractivity contribution in [2.24, 2.45) is 0 Å². The Kier molecular flexibility index (Phi) is 4.34. The van der Waals surface area contributed by atoms with E-state index >= 15 is 0 Å². The van der Waals surface area contributed by atoms with Crippen molar-refractivity contribution in [3.05, 3.63) is 23.8 Å². The molecule has 0 aliphatic heterocycles. The monoisotopic (exact) mass is 276 g/mol. The first-order chi connectivity index (χ1) is 9.52. The third kappa shape index (κ3) is 2.96. The van der Waals surface area contributed by atoms with Crippen molar-refractivity contribution in [1.29, 1.82) is 0 Å². The first-order valence-electron chi connectivity index (χ1n) is 6.79. The topological polar surface area (TPSA) is 71.2 Å². The molecule has 0 aliphatic carbocycles. The first kappa shape index (κ1) is 14.5. The van der Waals surface area contributed by atoms with Crippen molar-refractivity contribution < 1.29 is 9.90 Å². The van der Waals surface area contributed by atoms with Gasteiger partial charge in [0.15, 0.2) is 0 Å². The maximum Gasteiger partial charge on any atom is 0.253 e. The second kappa shape index (κ2) is 6.00. The zero-order valence-corrected chi connectivity index (χ0v) is 12.1. The molecule has 1 aromatic heterocycles. The number of aromatic nitrogens is 3. The molecule has 6 heteroatoms. The molecule has 6 nitrogen and oxygen atoms in total. The van der Waals surface area contributed by atoms with Crippen LogP contribution in [0.5, 0.6) is 0 Å². The summed E-state index contributed by atoms with van der Waals surface area (Å²) in [5.74, 6) is -0.0707. The van der Waals surface area contributed by atoms with Crippen LogP contribution in [0.25, 0.3) is 11.0 Å². The molecule has 1 unspecified atom stereocenters. The predicted molar refractivity (Wildman–Crippen MR) is 76.5 cm³/mol. The molecule has 0 saturated carbocycles. The highest BCUT2D eigenvalue weighted by molar-refractivity contribution is 5.97. The third-order valence-electron chi connectivity index (χ3n) is 3.29. The lowest BCUT2D eigenvalue weighted by molar-refractivity contribution is 0.0769. The van der Waals surface area contributed by atoms with Crippen molar-refractivity contribution in [2.75, 3.05) is 13.6 Å². The summed E-state index contributed by atoms with van der Waals surface area (Å²) in [6.45, 7) is 4.98. The largest absolute Gasteiger partial charge is 0.393 e. The van der Waals surface area contributed by atoms with Gasteiger partial charge in [0.2, 0.25) is 0 Å². The number of carbonyl (C=O) groups is 1. The van der Waals surface area contributed by atoms with Crippen molar-refractivity contribution in [1.82, 2.24) is 19.9 Å². The molecule has 0 spiro atoms. The highest BCUT2D eigenvalue weighted by atomic mass is 16.3. The molecule has 1 atom stereocenters. The molecule has 1 amide bonds. The summed E-state index contributed by atoms with van der Waals surface area (Å²) in [7, 11) is 1.73. The Labute approximate surface area is 118 Å². The van der Waals surface area contributed by atoms with Gasteiger partial charge in [0.25, 0.3) is 5.91 Å². The van der Waals surface area contributed by atoms with Gasteiger partial charge in [-0.2, -0.15) is 0 Å². The van der Waals surface area contributed by atoms with E-state index in [2.05, 4.69) is 10.3 Å². The summed E-state index contributed by atoms with van der Waals surface area (Å²) in [4.78, 5) is 13.9. The number of fused-ring (bicyclic) bond motifs is 1. The van der Waals surface area contributed by atoms with E-state index in [4.69, 9.17) is 0 Å². The minimum absolute atomic E-state index is 0.0707. The zero-order chi connectivity index (χ0) is 14.7. The van der Waals surface area contributed by atoms with E-state index < -0.39 is 6.10 Å². The van der Waals surface area contributed by atoms with Crippen molar-refractivity contribution >= 4 is 16.9 Å². The third-order valence-corrected chi connectivity index (χ3v) is 3.29. The maximum atomic E-state index is 12.3. The van der Waals surface area contributed by atoms with Gasteiger partial charge >= 0.3 is 0 Å². The van der Waals surface area contributed by atoms with Crippen molar-refractivity contribution in [3.63, 3.8) is 0 Å². The minimum Gasteiger partial charge on any atom is -0.393 e. The number of nitrogens with zero attached hydrogens (tertiary/aromatic N) is 4. The molecule has 0 saturated heterocycles. The number of amides is 1. The minimum atomic E-state index is -0.405. The Morgan fingerprint density at radius 3 is 2.90 bits per heavy atom. The van der Waals surface area contributed by atoms with Gasteiger partial charge in [0.1, 0.15) is 5.52 Å². The van der Waals surface area contributed by atoms with Crippen LogP contribution in [0.1, 0.15) is 30.6 Å². The average molecular weight is 276 g/mol. The molecule has 1 N–H and O–H groups in total. The molecule has 1 heterocycles. The molecule has 108 valence electrons. The van der Waals surface area contributed by atoms with Crippen LogP contribution in [0.2, 0.25) is 0 Å². The average Bonchev–Trinajstić information content (AvgIpc) is 2.85. The van der Waals surface area contributed by atoms with Gasteiger partial charge in [-0.1, -0.05) is 5.21 Å². The standard InChI is InChI=1S/C14H20N4O2/c1-4-18-13-6-5-11(9-12(13)15-16-18)14(20)17(3)8-7-10(2)19/h5-6,9-10,19H,4,7-8H2,1-3H3. The Hall–Kier alpha value is -1.95. The number of aliphatic hydroxyl groups excluding tert-OH is 1. The lowest BCUT2D eigenvalue weighted by Crippen LogP contribution is -2.29. The molecule has 2 rings (SSSR count). The highest BCUT2D eigenvalue weighted by Crippen LogP contribution is 2.15. The van der Waals surface area contributed by atoms with Gasteiger partial charge in [-0.15, -0.1) is 5.10 Å². The van der Waals surface area contributed by atoms with Crippen LogP contribution in [-0.2, 0) is 6.54 Å². The molecule has 0 fully saturated rings. The van der Waals surface area contributed by atoms with Gasteiger partial charge in [-0.3, -0.25) is 4.79 Å². The van der Waals surface area contributed by atoms with E-state index in [1.54, 1.807) is 35.7 Å². The van der Waals surface area contributed by atoms with E-state index in [9.17, 15) is 9.90 Å². The lowest BCUT2D eigenvalue weighted by atomic mass is 10.1. The summed E-state index contributed by atoms with van der Waals surface area (Å²) in [5.41, 5.74) is 2.24. The number of hydrogen-bond acceptors (Lipinski definition) is 4. The molecule has 0 aliphatic rings. The van der Waals surface area contributed by atoms with Crippen molar-refractivity contribution in [2.45, 2.75) is 32.9 Å². The summed E-state index contributed by atoms with van der Waals surface area (Å²) in [6.07, 6.45) is 0.161. The van der Waals surface area contributed by atoms with E-state index in [1.165, 1.54) is 0 Å². The quantitative estimate of drug-likeness (QED) is 0.893. The number of hydrogen-bond donors (Lipinski definition) is 1.